The Balaban J connectivity index is 2.70. The predicted molar refractivity (Wildman–Crippen MR) is 98.0 cm³/mol. The van der Waals surface area contributed by atoms with Crippen LogP contribution in [0.5, 0.6) is 5.88 Å². The SMILES string of the molecule is COc1cc(-c2ccc(CBr)cc2[C@@H](OC)C(C)(C)C)c(F)cn1. The Morgan fingerprint density at radius 1 is 1.17 bits per heavy atom. The molecule has 0 fully saturated rings. The highest BCUT2D eigenvalue weighted by molar-refractivity contribution is 9.08. The summed E-state index contributed by atoms with van der Waals surface area (Å²) in [5.41, 5.74) is 3.18. The number of hydrogen-bond acceptors (Lipinski definition) is 3. The molecule has 2 aromatic rings. The number of halogens is 2. The molecule has 24 heavy (non-hydrogen) atoms. The molecule has 0 aliphatic heterocycles. The van der Waals surface area contributed by atoms with Crippen molar-refractivity contribution >= 4 is 15.9 Å². The van der Waals surface area contributed by atoms with E-state index in [1.807, 2.05) is 12.1 Å². The van der Waals surface area contributed by atoms with E-state index in [0.29, 0.717) is 11.4 Å². The Kier molecular flexibility index (Phi) is 5.99. The van der Waals surface area contributed by atoms with Crippen LogP contribution in [-0.2, 0) is 10.1 Å². The lowest BCUT2D eigenvalue weighted by molar-refractivity contribution is 0.0155. The van der Waals surface area contributed by atoms with E-state index in [1.165, 1.54) is 13.3 Å². The van der Waals surface area contributed by atoms with Crippen molar-refractivity contribution < 1.29 is 13.9 Å². The molecule has 0 bridgehead atoms. The number of nitrogens with zero attached hydrogens (tertiary/aromatic N) is 1. The number of rotatable bonds is 5. The van der Waals surface area contributed by atoms with Gasteiger partial charge in [-0.1, -0.05) is 54.9 Å². The van der Waals surface area contributed by atoms with Crippen LogP contribution in [0.25, 0.3) is 11.1 Å². The molecule has 0 saturated carbocycles. The zero-order valence-corrected chi connectivity index (χ0v) is 16.3. The molecular formula is C19H23BrFNO2. The van der Waals surface area contributed by atoms with Crippen LogP contribution in [0, 0.1) is 11.2 Å². The van der Waals surface area contributed by atoms with Crippen LogP contribution in [0.4, 0.5) is 4.39 Å². The maximum Gasteiger partial charge on any atom is 0.213 e. The Morgan fingerprint density at radius 2 is 1.88 bits per heavy atom. The minimum atomic E-state index is -0.382. The van der Waals surface area contributed by atoms with Gasteiger partial charge in [-0.3, -0.25) is 0 Å². The quantitative estimate of drug-likeness (QED) is 0.624. The van der Waals surface area contributed by atoms with Gasteiger partial charge in [0.15, 0.2) is 0 Å². The van der Waals surface area contributed by atoms with Crippen LogP contribution >= 0.6 is 15.9 Å². The van der Waals surface area contributed by atoms with Gasteiger partial charge < -0.3 is 9.47 Å². The third-order valence-electron chi connectivity index (χ3n) is 3.90. The lowest BCUT2D eigenvalue weighted by Crippen LogP contribution is -2.21. The van der Waals surface area contributed by atoms with Crippen LogP contribution in [0.15, 0.2) is 30.5 Å². The average molecular weight is 396 g/mol. The molecule has 0 spiro atoms. The lowest BCUT2D eigenvalue weighted by Gasteiger charge is -2.31. The molecule has 0 unspecified atom stereocenters. The van der Waals surface area contributed by atoms with Gasteiger partial charge in [0, 0.05) is 24.1 Å². The molecular weight excluding hydrogens is 373 g/mol. The normalized spacial score (nSPS) is 13.0. The van der Waals surface area contributed by atoms with Gasteiger partial charge >= 0.3 is 0 Å². The highest BCUT2D eigenvalue weighted by Crippen LogP contribution is 2.41. The van der Waals surface area contributed by atoms with Crippen molar-refractivity contribution in [1.29, 1.82) is 0 Å². The third-order valence-corrected chi connectivity index (χ3v) is 4.55. The first kappa shape index (κ1) is 18.9. The molecule has 1 atom stereocenters. The van der Waals surface area contributed by atoms with Gasteiger partial charge in [0.25, 0.3) is 0 Å². The Hall–Kier alpha value is -1.46. The van der Waals surface area contributed by atoms with Crippen LogP contribution in [0.1, 0.15) is 38.0 Å². The van der Waals surface area contributed by atoms with Crippen molar-refractivity contribution in [3.63, 3.8) is 0 Å². The fourth-order valence-corrected chi connectivity index (χ4v) is 3.19. The zero-order valence-electron chi connectivity index (χ0n) is 14.7. The molecule has 1 aromatic heterocycles. The molecule has 1 heterocycles. The Labute approximate surface area is 151 Å². The van der Waals surface area contributed by atoms with Gasteiger partial charge in [0.05, 0.1) is 19.4 Å². The zero-order chi connectivity index (χ0) is 17.9. The first-order valence-electron chi connectivity index (χ1n) is 7.73. The maximum absolute atomic E-state index is 14.4. The first-order valence-corrected chi connectivity index (χ1v) is 8.85. The van der Waals surface area contributed by atoms with Gasteiger partial charge in [-0.05, 0) is 22.1 Å². The molecule has 3 nitrogen and oxygen atoms in total. The number of ether oxygens (including phenoxy) is 2. The second kappa shape index (κ2) is 7.62. The summed E-state index contributed by atoms with van der Waals surface area (Å²) < 4.78 is 25.4. The van der Waals surface area contributed by atoms with Crippen molar-refractivity contribution in [2.24, 2.45) is 5.41 Å². The van der Waals surface area contributed by atoms with Crippen LogP contribution in [-0.4, -0.2) is 19.2 Å². The molecule has 1 aromatic carbocycles. The number of hydrogen-bond donors (Lipinski definition) is 0. The minimum absolute atomic E-state index is 0.137. The molecule has 2 rings (SSSR count). The summed E-state index contributed by atoms with van der Waals surface area (Å²) in [7, 11) is 3.20. The minimum Gasteiger partial charge on any atom is -0.481 e. The molecule has 0 radical (unpaired) electrons. The average Bonchev–Trinajstić information content (AvgIpc) is 2.55. The monoisotopic (exact) mass is 395 g/mol. The van der Waals surface area contributed by atoms with Crippen molar-refractivity contribution in [2.75, 3.05) is 14.2 Å². The molecule has 5 heteroatoms. The van der Waals surface area contributed by atoms with E-state index in [9.17, 15) is 4.39 Å². The topological polar surface area (TPSA) is 31.4 Å². The molecule has 0 saturated heterocycles. The summed E-state index contributed by atoms with van der Waals surface area (Å²) in [6, 6.07) is 7.60. The van der Waals surface area contributed by atoms with Crippen molar-refractivity contribution in [3.05, 3.63) is 47.4 Å². The molecule has 0 aliphatic carbocycles. The fourth-order valence-electron chi connectivity index (χ4n) is 2.84. The highest BCUT2D eigenvalue weighted by Gasteiger charge is 2.29. The van der Waals surface area contributed by atoms with Crippen LogP contribution < -0.4 is 4.74 Å². The van der Waals surface area contributed by atoms with E-state index < -0.39 is 0 Å². The highest BCUT2D eigenvalue weighted by atomic mass is 79.9. The maximum atomic E-state index is 14.4. The Morgan fingerprint density at radius 3 is 2.42 bits per heavy atom. The number of alkyl halides is 1. The van der Waals surface area contributed by atoms with Gasteiger partial charge in [-0.25, -0.2) is 9.37 Å². The van der Waals surface area contributed by atoms with E-state index in [4.69, 9.17) is 9.47 Å². The van der Waals surface area contributed by atoms with Crippen molar-refractivity contribution in [1.82, 2.24) is 4.98 Å². The summed E-state index contributed by atoms with van der Waals surface area (Å²) in [4.78, 5) is 3.92. The number of methoxy groups -OCH3 is 2. The van der Waals surface area contributed by atoms with Gasteiger partial charge in [0.1, 0.15) is 5.82 Å². The molecule has 0 amide bonds. The summed E-state index contributed by atoms with van der Waals surface area (Å²) in [6.07, 6.45) is 1.01. The second-order valence-corrected chi connectivity index (χ2v) is 7.30. The van der Waals surface area contributed by atoms with Gasteiger partial charge in [-0.15, -0.1) is 0 Å². The van der Waals surface area contributed by atoms with Crippen LogP contribution in [0.3, 0.4) is 0 Å². The lowest BCUT2D eigenvalue weighted by atomic mass is 9.81. The second-order valence-electron chi connectivity index (χ2n) is 6.74. The van der Waals surface area contributed by atoms with E-state index in [2.05, 4.69) is 47.8 Å². The number of benzene rings is 1. The fraction of sp³-hybridized carbons (Fsp3) is 0.421. The van der Waals surface area contributed by atoms with E-state index in [0.717, 1.165) is 22.0 Å². The first-order chi connectivity index (χ1) is 11.3. The summed E-state index contributed by atoms with van der Waals surface area (Å²) in [6.45, 7) is 6.32. The number of aromatic nitrogens is 1. The van der Waals surface area contributed by atoms with Crippen molar-refractivity contribution in [2.45, 2.75) is 32.2 Å². The van der Waals surface area contributed by atoms with Crippen molar-refractivity contribution in [3.8, 4) is 17.0 Å². The van der Waals surface area contributed by atoms with E-state index in [-0.39, 0.29) is 17.3 Å². The van der Waals surface area contributed by atoms with E-state index in [1.54, 1.807) is 13.2 Å². The Bertz CT molecular complexity index is 713. The predicted octanol–water partition coefficient (Wildman–Crippen LogP) is 5.52. The summed E-state index contributed by atoms with van der Waals surface area (Å²) in [5, 5.41) is 0.725. The van der Waals surface area contributed by atoms with Gasteiger partial charge in [-0.2, -0.15) is 0 Å². The van der Waals surface area contributed by atoms with E-state index >= 15 is 0 Å². The largest absolute Gasteiger partial charge is 0.481 e. The molecule has 0 aliphatic rings. The molecule has 0 N–H and O–H groups in total. The summed E-state index contributed by atoms with van der Waals surface area (Å²) >= 11 is 3.49. The van der Waals surface area contributed by atoms with Gasteiger partial charge in [0.2, 0.25) is 5.88 Å². The number of pyridine rings is 1. The summed E-state index contributed by atoms with van der Waals surface area (Å²) in [5.74, 6) is -0.000881. The van der Waals surface area contributed by atoms with Crippen LogP contribution in [0.2, 0.25) is 0 Å². The molecule has 130 valence electrons. The third kappa shape index (κ3) is 3.95. The standard InChI is InChI=1S/C19H23BrFNO2/c1-19(2,3)18(24-5)15-8-12(10-20)6-7-13(15)14-9-17(23-4)22-11-16(14)21/h6-9,11,18H,10H2,1-5H3/t18-/m1/s1. The smallest absolute Gasteiger partial charge is 0.213 e.